The van der Waals surface area contributed by atoms with Gasteiger partial charge < -0.3 is 24.6 Å². The van der Waals surface area contributed by atoms with Crippen LogP contribution in [0.5, 0.6) is 5.75 Å². The lowest BCUT2D eigenvalue weighted by Crippen LogP contribution is -2.48. The molecular weight excluding hydrogens is 520 g/mol. The second kappa shape index (κ2) is 11.7. The zero-order valence-corrected chi connectivity index (χ0v) is 23.7. The molecule has 0 fully saturated rings. The molecule has 1 aliphatic heterocycles. The zero-order valence-electron chi connectivity index (χ0n) is 23.7. The van der Waals surface area contributed by atoms with Gasteiger partial charge in [0, 0.05) is 25.0 Å². The monoisotopic (exact) mass is 556 g/mol. The van der Waals surface area contributed by atoms with Crippen LogP contribution in [-0.2, 0) is 19.1 Å². The molecule has 0 bridgehead atoms. The van der Waals surface area contributed by atoms with Gasteiger partial charge in [0.2, 0.25) is 5.90 Å². The second-order valence-electron chi connectivity index (χ2n) is 11.4. The largest absolute Gasteiger partial charge is 0.494 e. The predicted octanol–water partition coefficient (Wildman–Crippen LogP) is 4.97. The quantitative estimate of drug-likeness (QED) is 0.270. The van der Waals surface area contributed by atoms with Crippen LogP contribution in [0, 0.1) is 0 Å². The highest BCUT2D eigenvalue weighted by Gasteiger charge is 2.46. The maximum Gasteiger partial charge on any atom is 0.306 e. The molecule has 0 saturated heterocycles. The third-order valence-electron chi connectivity index (χ3n) is 7.13. The number of nitrogens with zero attached hydrogens (tertiary/aromatic N) is 1. The van der Waals surface area contributed by atoms with E-state index >= 15 is 0 Å². The molecule has 8 nitrogen and oxygen atoms in total. The first-order chi connectivity index (χ1) is 19.7. The summed E-state index contributed by atoms with van der Waals surface area (Å²) in [7, 11) is 0. The molecule has 1 amide bonds. The number of aliphatic hydroxyl groups is 1. The fourth-order valence-corrected chi connectivity index (χ4v) is 5.18. The number of fused-ring (bicyclic) bond motifs is 3. The van der Waals surface area contributed by atoms with Gasteiger partial charge in [-0.05, 0) is 73.7 Å². The Balaban J connectivity index is 1.42. The first kappa shape index (κ1) is 28.4. The SMILES string of the molecule is CC(C)(C)OC(=O)CC[C@]1(C(=O)NC2c3ccccc3-c3ccccc32)COC(c2ccc(OCCCO)cc2)=N1. The third-order valence-corrected chi connectivity index (χ3v) is 7.13. The Morgan fingerprint density at radius 3 is 2.24 bits per heavy atom. The van der Waals surface area contributed by atoms with Crippen molar-refractivity contribution in [2.45, 2.75) is 57.2 Å². The number of ether oxygens (including phenoxy) is 3. The Labute approximate surface area is 240 Å². The highest BCUT2D eigenvalue weighted by molar-refractivity contribution is 6.00. The van der Waals surface area contributed by atoms with Crippen LogP contribution in [0.25, 0.3) is 11.1 Å². The summed E-state index contributed by atoms with van der Waals surface area (Å²) in [6.45, 7) is 5.92. The van der Waals surface area contributed by atoms with E-state index < -0.39 is 17.1 Å². The topological polar surface area (TPSA) is 106 Å². The number of rotatable bonds is 10. The molecular formula is C33H36N2O6. The van der Waals surface area contributed by atoms with Crippen molar-refractivity contribution in [1.29, 1.82) is 0 Å². The molecule has 1 aliphatic carbocycles. The minimum absolute atomic E-state index is 0.00172. The van der Waals surface area contributed by atoms with E-state index in [2.05, 4.69) is 17.4 Å². The van der Waals surface area contributed by atoms with E-state index in [1.165, 1.54) is 0 Å². The summed E-state index contributed by atoms with van der Waals surface area (Å²) in [4.78, 5) is 31.6. The highest BCUT2D eigenvalue weighted by atomic mass is 16.6. The Kier molecular flexibility index (Phi) is 8.13. The van der Waals surface area contributed by atoms with Crippen molar-refractivity contribution >= 4 is 17.8 Å². The number of benzene rings is 3. The second-order valence-corrected chi connectivity index (χ2v) is 11.4. The maximum atomic E-state index is 14.1. The summed E-state index contributed by atoms with van der Waals surface area (Å²) in [6, 6.07) is 23.0. The molecule has 3 aromatic rings. The summed E-state index contributed by atoms with van der Waals surface area (Å²) in [5.74, 6) is 0.289. The summed E-state index contributed by atoms with van der Waals surface area (Å²) in [5.41, 5.74) is 2.96. The molecule has 2 aliphatic rings. The standard InChI is InChI=1S/C33H36N2O6/c1-32(2,3)41-28(37)17-18-33(21-40-30(35-33)22-13-15-23(16-14-22)39-20-8-19-36)31(38)34-29-26-11-6-4-9-24(26)25-10-5-7-12-27(25)29/h4-7,9-16,29,36H,8,17-21H2,1-3H3,(H,34,38)/t33-/m1/s1. The highest BCUT2D eigenvalue weighted by Crippen LogP contribution is 2.43. The number of carbonyl (C=O) groups is 2. The Hall–Kier alpha value is -4.17. The molecule has 0 saturated carbocycles. The van der Waals surface area contributed by atoms with E-state index in [0.29, 0.717) is 30.2 Å². The average Bonchev–Trinajstić information content (AvgIpc) is 3.53. The number of hydrogen-bond donors (Lipinski definition) is 2. The molecule has 1 heterocycles. The number of aliphatic hydroxyl groups excluding tert-OH is 1. The average molecular weight is 557 g/mol. The van der Waals surface area contributed by atoms with Crippen LogP contribution in [-0.4, -0.2) is 53.8 Å². The molecule has 0 spiro atoms. The van der Waals surface area contributed by atoms with Crippen LogP contribution in [0.1, 0.15) is 62.8 Å². The Morgan fingerprint density at radius 1 is 1.00 bits per heavy atom. The van der Waals surface area contributed by atoms with Gasteiger partial charge in [-0.25, -0.2) is 4.99 Å². The van der Waals surface area contributed by atoms with E-state index in [0.717, 1.165) is 22.3 Å². The van der Waals surface area contributed by atoms with Gasteiger partial charge in [-0.15, -0.1) is 0 Å². The van der Waals surface area contributed by atoms with Gasteiger partial charge in [0.15, 0.2) is 5.54 Å². The van der Waals surface area contributed by atoms with Crippen molar-refractivity contribution in [2.75, 3.05) is 19.8 Å². The molecule has 3 aromatic carbocycles. The van der Waals surface area contributed by atoms with Crippen molar-refractivity contribution in [3.8, 4) is 16.9 Å². The predicted molar refractivity (Wildman–Crippen MR) is 156 cm³/mol. The van der Waals surface area contributed by atoms with Gasteiger partial charge in [0.1, 0.15) is 18.0 Å². The van der Waals surface area contributed by atoms with Crippen molar-refractivity contribution < 1.29 is 28.9 Å². The number of carbonyl (C=O) groups excluding carboxylic acids is 2. The van der Waals surface area contributed by atoms with Crippen LogP contribution in [0.4, 0.5) is 0 Å². The minimum Gasteiger partial charge on any atom is -0.494 e. The summed E-state index contributed by atoms with van der Waals surface area (Å²) < 4.78 is 17.2. The van der Waals surface area contributed by atoms with E-state index in [9.17, 15) is 9.59 Å². The van der Waals surface area contributed by atoms with Crippen LogP contribution in [0.2, 0.25) is 0 Å². The summed E-state index contributed by atoms with van der Waals surface area (Å²) in [5, 5.41) is 12.2. The van der Waals surface area contributed by atoms with Crippen LogP contribution < -0.4 is 10.1 Å². The lowest BCUT2D eigenvalue weighted by molar-refractivity contribution is -0.155. The summed E-state index contributed by atoms with van der Waals surface area (Å²) in [6.07, 6.45) is 0.693. The molecule has 5 rings (SSSR count). The van der Waals surface area contributed by atoms with Crippen LogP contribution in [0.15, 0.2) is 77.8 Å². The number of hydrogen-bond acceptors (Lipinski definition) is 7. The fourth-order valence-electron chi connectivity index (χ4n) is 5.18. The Bertz CT molecular complexity index is 1400. The molecule has 41 heavy (non-hydrogen) atoms. The van der Waals surface area contributed by atoms with Crippen molar-refractivity contribution in [3.63, 3.8) is 0 Å². The van der Waals surface area contributed by atoms with Gasteiger partial charge in [-0.1, -0.05) is 48.5 Å². The lowest BCUT2D eigenvalue weighted by Gasteiger charge is -2.27. The fraction of sp³-hybridized carbons (Fsp3) is 0.364. The van der Waals surface area contributed by atoms with Gasteiger partial charge in [-0.2, -0.15) is 0 Å². The smallest absolute Gasteiger partial charge is 0.306 e. The van der Waals surface area contributed by atoms with Gasteiger partial charge >= 0.3 is 5.97 Å². The van der Waals surface area contributed by atoms with Crippen LogP contribution >= 0.6 is 0 Å². The van der Waals surface area contributed by atoms with E-state index in [4.69, 9.17) is 24.3 Å². The molecule has 0 aromatic heterocycles. The van der Waals surface area contributed by atoms with E-state index in [-0.39, 0.29) is 38.0 Å². The third kappa shape index (κ3) is 6.28. The molecule has 0 radical (unpaired) electrons. The maximum absolute atomic E-state index is 14.1. The first-order valence-corrected chi connectivity index (χ1v) is 14.0. The Morgan fingerprint density at radius 2 is 1.63 bits per heavy atom. The van der Waals surface area contributed by atoms with Crippen LogP contribution in [0.3, 0.4) is 0 Å². The molecule has 1 atom stereocenters. The van der Waals surface area contributed by atoms with Gasteiger partial charge in [0.05, 0.1) is 12.6 Å². The van der Waals surface area contributed by atoms with Gasteiger partial charge in [0.25, 0.3) is 5.91 Å². The lowest BCUT2D eigenvalue weighted by atomic mass is 9.93. The number of aliphatic imine (C=N–C) groups is 1. The van der Waals surface area contributed by atoms with E-state index in [1.54, 1.807) is 12.1 Å². The number of esters is 1. The first-order valence-electron chi connectivity index (χ1n) is 14.0. The molecule has 8 heteroatoms. The van der Waals surface area contributed by atoms with Crippen molar-refractivity contribution in [2.24, 2.45) is 4.99 Å². The normalized spacial score (nSPS) is 17.7. The van der Waals surface area contributed by atoms with Crippen molar-refractivity contribution in [3.05, 3.63) is 89.5 Å². The van der Waals surface area contributed by atoms with E-state index in [1.807, 2.05) is 69.3 Å². The van der Waals surface area contributed by atoms with Gasteiger partial charge in [-0.3, -0.25) is 9.59 Å². The summed E-state index contributed by atoms with van der Waals surface area (Å²) >= 11 is 0. The molecule has 214 valence electrons. The number of amides is 1. The minimum atomic E-state index is -1.31. The molecule has 2 N–H and O–H groups in total. The zero-order chi connectivity index (χ0) is 29.0. The number of nitrogens with one attached hydrogen (secondary N) is 1. The van der Waals surface area contributed by atoms with Crippen molar-refractivity contribution in [1.82, 2.24) is 5.32 Å². The molecule has 0 unspecified atom stereocenters.